The number of ether oxygens (including phenoxy) is 15. The molecule has 0 saturated carbocycles. The summed E-state index contributed by atoms with van der Waals surface area (Å²) in [7, 11) is 0. The van der Waals surface area contributed by atoms with Crippen LogP contribution in [-0.4, -0.2) is 381 Å². The van der Waals surface area contributed by atoms with Gasteiger partial charge in [-0.05, 0) is 6.92 Å². The molecule has 36 nitrogen and oxygen atoms in total. The normalized spacial score (nSPS) is 53.6. The van der Waals surface area contributed by atoms with Crippen LogP contribution in [0.5, 0.6) is 0 Å². The number of hydrogen-bond acceptors (Lipinski definition) is 36. The molecular formula is C45H76O36. The summed E-state index contributed by atoms with van der Waals surface area (Å²) < 4.78 is 86.4. The molecule has 15 aliphatic heterocycles. The van der Waals surface area contributed by atoms with Gasteiger partial charge in [0.25, 0.3) is 0 Å². The molecule has 0 radical (unpaired) electrons. The van der Waals surface area contributed by atoms with E-state index in [1.54, 1.807) is 0 Å². The highest BCUT2D eigenvalue weighted by atomic mass is 16.8. The average Bonchev–Trinajstić information content (AvgIpc) is 3.66. The lowest BCUT2D eigenvalue weighted by atomic mass is 9.95. The SMILES string of the molecule is CC(O)CO[C@H]1[C@H]2O[C@H]3[C@H](O)[C@@H](O)[C@@H](O[C@H]4[C@H](O)[C@@H](O)[C@@H](O[C@H]5[C@H](O)[C@@H](O)[C@@H](O[C@H]6[C@H](O)[C@@H](O)[C@@H](O[C@H]7[C@H](O)[C@@H](O)[C@@H](O[C@H]8[C@H](O)[C@@H](O)[C@@H](O[C@@H]([C@@H]1O)[C@@H](CO)O2)O[C@@H]8CO)O[C@@H]7CO)O[C@@H]6CO)O[C@@H]5CO)O[C@@H]4CO)O[C@@H]3CO. The maximum absolute atomic E-state index is 11.9. The van der Waals surface area contributed by atoms with Crippen molar-refractivity contribution in [1.82, 2.24) is 0 Å². The molecule has 1 unspecified atom stereocenters. The van der Waals surface area contributed by atoms with Crippen LogP contribution >= 0.6 is 0 Å². The van der Waals surface area contributed by atoms with Gasteiger partial charge in [0.1, 0.15) is 171 Å². The van der Waals surface area contributed by atoms with Gasteiger partial charge in [-0.1, -0.05) is 0 Å². The van der Waals surface area contributed by atoms with Crippen molar-refractivity contribution in [2.75, 3.05) is 52.9 Å². The first-order valence-electron chi connectivity index (χ1n) is 26.1. The molecule has 472 valence electrons. The van der Waals surface area contributed by atoms with Crippen LogP contribution in [0.3, 0.4) is 0 Å². The highest BCUT2D eigenvalue weighted by Gasteiger charge is 2.60. The van der Waals surface area contributed by atoms with Crippen molar-refractivity contribution in [1.29, 1.82) is 0 Å². The molecule has 0 aromatic rings. The Morgan fingerprint density at radius 2 is 0.432 bits per heavy atom. The summed E-state index contributed by atoms with van der Waals surface area (Å²) in [5, 5.41) is 232. The second-order valence-electron chi connectivity index (χ2n) is 20.8. The van der Waals surface area contributed by atoms with Gasteiger partial charge in [-0.25, -0.2) is 0 Å². The van der Waals surface area contributed by atoms with Gasteiger partial charge in [0.15, 0.2) is 44.0 Å². The third kappa shape index (κ3) is 13.4. The van der Waals surface area contributed by atoms with E-state index >= 15 is 0 Å². The predicted octanol–water partition coefficient (Wildman–Crippen LogP) is -14.8. The molecule has 81 heavy (non-hydrogen) atoms. The van der Waals surface area contributed by atoms with E-state index in [0.717, 1.165) is 0 Å². The quantitative estimate of drug-likeness (QED) is 0.0966. The zero-order valence-corrected chi connectivity index (χ0v) is 43.0. The fourth-order valence-corrected chi connectivity index (χ4v) is 10.8. The van der Waals surface area contributed by atoms with Crippen LogP contribution in [-0.2, 0) is 71.1 Å². The van der Waals surface area contributed by atoms with Crippen molar-refractivity contribution in [2.24, 2.45) is 0 Å². The summed E-state index contributed by atoms with van der Waals surface area (Å²) in [6.45, 7) is -6.61. The van der Waals surface area contributed by atoms with Crippen molar-refractivity contribution in [3.8, 4) is 0 Å². The smallest absolute Gasteiger partial charge is 0.187 e. The molecule has 15 saturated heterocycles. The van der Waals surface area contributed by atoms with E-state index < -0.39 is 274 Å². The lowest BCUT2D eigenvalue weighted by Gasteiger charge is -2.50. The molecule has 0 aromatic heterocycles. The molecule has 15 fully saturated rings. The van der Waals surface area contributed by atoms with Gasteiger partial charge >= 0.3 is 0 Å². The van der Waals surface area contributed by atoms with Crippen LogP contribution < -0.4 is 0 Å². The lowest BCUT2D eigenvalue weighted by Crippen LogP contribution is -2.68. The van der Waals surface area contributed by atoms with Crippen molar-refractivity contribution in [3.63, 3.8) is 0 Å². The van der Waals surface area contributed by atoms with Crippen molar-refractivity contribution < 1.29 is 178 Å². The van der Waals surface area contributed by atoms with E-state index in [-0.39, 0.29) is 0 Å². The third-order valence-corrected chi connectivity index (χ3v) is 15.3. The van der Waals surface area contributed by atoms with E-state index in [4.69, 9.17) is 71.1 Å². The molecule has 15 rings (SSSR count). The van der Waals surface area contributed by atoms with Gasteiger partial charge in [0, 0.05) is 0 Å². The summed E-state index contributed by atoms with van der Waals surface area (Å²) in [5.41, 5.74) is 0. The maximum atomic E-state index is 11.9. The topological polar surface area (TPSA) is 563 Å². The van der Waals surface area contributed by atoms with Crippen molar-refractivity contribution >= 4 is 0 Å². The highest BCUT2D eigenvalue weighted by Crippen LogP contribution is 2.39. The van der Waals surface area contributed by atoms with Gasteiger partial charge in [0.2, 0.25) is 0 Å². The fourth-order valence-electron chi connectivity index (χ4n) is 10.8. The minimum Gasteiger partial charge on any atom is -0.394 e. The molecule has 0 amide bonds. The number of hydrogen-bond donors (Lipinski definition) is 21. The van der Waals surface area contributed by atoms with Crippen LogP contribution in [0.25, 0.3) is 0 Å². The van der Waals surface area contributed by atoms with Gasteiger partial charge < -0.3 is 178 Å². The van der Waals surface area contributed by atoms with Crippen molar-refractivity contribution in [3.05, 3.63) is 0 Å². The number of rotatable bonds is 10. The summed E-state index contributed by atoms with van der Waals surface area (Å²) in [5.74, 6) is 0. The van der Waals surface area contributed by atoms with Crippen LogP contribution in [0.1, 0.15) is 6.92 Å². The minimum atomic E-state index is -2.21. The van der Waals surface area contributed by atoms with E-state index in [9.17, 15) is 107 Å². The summed E-state index contributed by atoms with van der Waals surface area (Å²) >= 11 is 0. The average molecular weight is 1190 g/mol. The van der Waals surface area contributed by atoms with E-state index in [1.165, 1.54) is 6.92 Å². The monoisotopic (exact) mass is 1190 g/mol. The number of aliphatic hydroxyl groups excluding tert-OH is 21. The zero-order valence-electron chi connectivity index (χ0n) is 43.0. The zero-order chi connectivity index (χ0) is 59.0. The largest absolute Gasteiger partial charge is 0.394 e. The number of aliphatic hydroxyl groups is 21. The Bertz CT molecular complexity index is 1910. The predicted molar refractivity (Wildman–Crippen MR) is 244 cm³/mol. The van der Waals surface area contributed by atoms with Gasteiger partial charge in [-0.2, -0.15) is 0 Å². The molecule has 14 bridgehead atoms. The second-order valence-corrected chi connectivity index (χ2v) is 20.8. The summed E-state index contributed by atoms with van der Waals surface area (Å²) in [4.78, 5) is 0. The van der Waals surface area contributed by atoms with Gasteiger partial charge in [-0.3, -0.25) is 0 Å². The van der Waals surface area contributed by atoms with Gasteiger partial charge in [0.05, 0.1) is 59.0 Å². The molecule has 0 spiro atoms. The van der Waals surface area contributed by atoms with E-state index in [0.29, 0.717) is 0 Å². The Hall–Kier alpha value is -1.44. The Labute approximate surface area is 458 Å². The molecule has 36 atom stereocenters. The first kappa shape index (κ1) is 65.5. The molecule has 36 heteroatoms. The number of fused-ring (bicyclic) bond motifs is 7. The Balaban J connectivity index is 1.10. The molecule has 0 aliphatic carbocycles. The highest BCUT2D eigenvalue weighted by molar-refractivity contribution is 5.02. The Morgan fingerprint density at radius 1 is 0.259 bits per heavy atom. The van der Waals surface area contributed by atoms with Crippen LogP contribution in [0.15, 0.2) is 0 Å². The Kier molecular flexibility index (Phi) is 22.8. The summed E-state index contributed by atoms with van der Waals surface area (Å²) in [6.07, 6.45) is -70.9. The molecular weight excluding hydrogens is 1120 g/mol. The minimum absolute atomic E-state index is 0.568. The molecule has 15 heterocycles. The maximum Gasteiger partial charge on any atom is 0.187 e. The first-order chi connectivity index (χ1) is 38.5. The van der Waals surface area contributed by atoms with E-state index in [2.05, 4.69) is 0 Å². The van der Waals surface area contributed by atoms with E-state index in [1.807, 2.05) is 0 Å². The second kappa shape index (κ2) is 28.2. The van der Waals surface area contributed by atoms with Crippen LogP contribution in [0, 0.1) is 0 Å². The van der Waals surface area contributed by atoms with Crippen LogP contribution in [0.4, 0.5) is 0 Å². The summed E-state index contributed by atoms with van der Waals surface area (Å²) in [6, 6.07) is 0. The van der Waals surface area contributed by atoms with Gasteiger partial charge in [-0.15, -0.1) is 0 Å². The third-order valence-electron chi connectivity index (χ3n) is 15.3. The van der Waals surface area contributed by atoms with Crippen LogP contribution in [0.2, 0.25) is 0 Å². The molecule has 21 N–H and O–H groups in total. The lowest BCUT2D eigenvalue weighted by molar-refractivity contribution is -0.398. The first-order valence-corrected chi connectivity index (χ1v) is 26.1. The Morgan fingerprint density at radius 3 is 0.617 bits per heavy atom. The fraction of sp³-hybridized carbons (Fsp3) is 1.00. The van der Waals surface area contributed by atoms with Crippen molar-refractivity contribution in [2.45, 2.75) is 228 Å². The molecule has 0 aromatic carbocycles. The standard InChI is InChI=1S/C45H76O36/c1-10(53)9-67-38-30(66)37-17(8-52)74-45(38)81-36-16(7-51)73-43(29(65)23(36)59)79-34-14(5-49)71-41(27(63)21(34)57)77-32-12(3-47)69-39(25(61)19(32)55)75-31-11(2-46)68-40(24(60)18(31)54)76-33-13(4-48)70-42(26(62)20(33)56)78-35-15(6-50)72-44(80-37)28(64)22(35)58/h10-66H,2-9H2,1H3/t10?,11-,12-,13-,14-,15-,16-,17-,18-,19-,20-,21-,22-,23-,24-,25-,26-,27-,28-,29-,30+,31-,32-,33-,34-,35-,36-,37-,38-,39-,40-,41-,42-,43-,44-,45-/m1/s1. The molecule has 15 aliphatic rings.